The van der Waals surface area contributed by atoms with Gasteiger partial charge in [0.2, 0.25) is 5.91 Å². The number of aryl methyl sites for hydroxylation is 2. The largest absolute Gasteiger partial charge is 0.365 e. The van der Waals surface area contributed by atoms with Crippen LogP contribution in [0.3, 0.4) is 0 Å². The number of hydrogen-bond donors (Lipinski definition) is 1. The molecule has 3 aliphatic rings. The van der Waals surface area contributed by atoms with Gasteiger partial charge in [-0.15, -0.1) is 0 Å². The first-order valence-corrected chi connectivity index (χ1v) is 10.8. The van der Waals surface area contributed by atoms with Crippen molar-refractivity contribution in [2.75, 3.05) is 45.9 Å². The highest BCUT2D eigenvalue weighted by Gasteiger charge is 2.31. The van der Waals surface area contributed by atoms with Crippen LogP contribution in [-0.4, -0.2) is 78.8 Å². The number of nitrogens with one attached hydrogen (secondary N) is 1. The minimum Gasteiger partial charge on any atom is -0.365 e. The number of carbonyl (C=O) groups excluding carboxylic acids is 2. The van der Waals surface area contributed by atoms with Gasteiger partial charge < -0.3 is 24.4 Å². The van der Waals surface area contributed by atoms with Crippen molar-refractivity contribution in [3.05, 3.63) is 17.0 Å². The molecule has 0 aromatic carbocycles. The zero-order valence-corrected chi connectivity index (χ0v) is 17.5. The van der Waals surface area contributed by atoms with E-state index in [4.69, 9.17) is 9.26 Å². The van der Waals surface area contributed by atoms with Gasteiger partial charge in [0.1, 0.15) is 17.9 Å². The van der Waals surface area contributed by atoms with Crippen molar-refractivity contribution in [3.8, 4) is 0 Å². The number of hydrogen-bond acceptors (Lipinski definition) is 6. The Morgan fingerprint density at radius 2 is 1.86 bits per heavy atom. The first-order valence-electron chi connectivity index (χ1n) is 10.8. The molecule has 0 bridgehead atoms. The summed E-state index contributed by atoms with van der Waals surface area (Å²) in [5, 5.41) is 6.72. The normalized spacial score (nSPS) is 24.1. The van der Waals surface area contributed by atoms with Crippen LogP contribution in [0, 0.1) is 25.7 Å². The van der Waals surface area contributed by atoms with Gasteiger partial charge >= 0.3 is 0 Å². The number of ether oxygens (including phenoxy) is 1. The average molecular weight is 405 g/mol. The monoisotopic (exact) mass is 404 g/mol. The fraction of sp³-hybridized carbons (Fsp3) is 0.762. The second kappa shape index (κ2) is 8.83. The van der Waals surface area contributed by atoms with E-state index in [1.54, 1.807) is 13.8 Å². The lowest BCUT2D eigenvalue weighted by atomic mass is 9.95. The van der Waals surface area contributed by atoms with Gasteiger partial charge in [-0.25, -0.2) is 0 Å². The van der Waals surface area contributed by atoms with E-state index in [-0.39, 0.29) is 24.5 Å². The van der Waals surface area contributed by atoms with E-state index in [2.05, 4.69) is 15.4 Å². The summed E-state index contributed by atoms with van der Waals surface area (Å²) in [5.41, 5.74) is 1.06. The van der Waals surface area contributed by atoms with Crippen LogP contribution in [0.1, 0.15) is 47.5 Å². The fourth-order valence-electron chi connectivity index (χ4n) is 4.41. The molecule has 1 N–H and O–H groups in total. The second-order valence-electron chi connectivity index (χ2n) is 8.83. The summed E-state index contributed by atoms with van der Waals surface area (Å²) in [6, 6.07) is 0. The zero-order chi connectivity index (χ0) is 20.4. The van der Waals surface area contributed by atoms with E-state index >= 15 is 0 Å². The molecule has 2 amide bonds. The lowest BCUT2D eigenvalue weighted by Crippen LogP contribution is -2.52. The molecular formula is C21H32N4O4. The molecule has 1 aliphatic carbocycles. The van der Waals surface area contributed by atoms with Crippen molar-refractivity contribution in [2.24, 2.45) is 11.8 Å². The lowest BCUT2D eigenvalue weighted by molar-refractivity contribution is -0.149. The molecule has 3 fully saturated rings. The Labute approximate surface area is 171 Å². The van der Waals surface area contributed by atoms with Gasteiger partial charge in [-0.2, -0.15) is 0 Å². The molecule has 160 valence electrons. The summed E-state index contributed by atoms with van der Waals surface area (Å²) in [7, 11) is 0. The minimum atomic E-state index is -0.212. The van der Waals surface area contributed by atoms with Gasteiger partial charge in [0.05, 0.1) is 11.8 Å². The standard InChI is InChI=1S/C21H32N4O4/c1-14-20(15(2)29-23-14)21(27)22-9-18-12-25(19(26)13-28-18)11-17-5-7-24(8-6-17)10-16-3-4-16/h16-18H,3-13H2,1-2H3,(H,22,27). The Bertz CT molecular complexity index is 718. The van der Waals surface area contributed by atoms with Gasteiger partial charge in [0, 0.05) is 26.2 Å². The summed E-state index contributed by atoms with van der Waals surface area (Å²) in [4.78, 5) is 29.3. The summed E-state index contributed by atoms with van der Waals surface area (Å²) < 4.78 is 10.7. The average Bonchev–Trinajstić information content (AvgIpc) is 3.46. The van der Waals surface area contributed by atoms with Crippen molar-refractivity contribution in [1.29, 1.82) is 0 Å². The van der Waals surface area contributed by atoms with Gasteiger partial charge in [-0.3, -0.25) is 9.59 Å². The molecule has 8 nitrogen and oxygen atoms in total. The molecule has 2 aliphatic heterocycles. The molecule has 1 unspecified atom stereocenters. The van der Waals surface area contributed by atoms with Crippen LogP contribution in [0.4, 0.5) is 0 Å². The van der Waals surface area contributed by atoms with Crippen molar-refractivity contribution >= 4 is 11.8 Å². The number of nitrogens with zero attached hydrogens (tertiary/aromatic N) is 3. The molecule has 29 heavy (non-hydrogen) atoms. The Morgan fingerprint density at radius 1 is 1.14 bits per heavy atom. The Balaban J connectivity index is 1.23. The molecule has 2 saturated heterocycles. The van der Waals surface area contributed by atoms with E-state index in [0.717, 1.165) is 38.4 Å². The Morgan fingerprint density at radius 3 is 2.52 bits per heavy atom. The van der Waals surface area contributed by atoms with E-state index in [1.807, 2.05) is 4.90 Å². The first-order chi connectivity index (χ1) is 14.0. The molecule has 1 aromatic heterocycles. The molecule has 1 aromatic rings. The highest BCUT2D eigenvalue weighted by atomic mass is 16.5. The number of aromatic nitrogens is 1. The number of piperidine rings is 1. The summed E-state index contributed by atoms with van der Waals surface area (Å²) in [6.45, 7) is 8.82. The lowest BCUT2D eigenvalue weighted by Gasteiger charge is -2.38. The van der Waals surface area contributed by atoms with Gasteiger partial charge in [-0.05, 0) is 64.5 Å². The number of carbonyl (C=O) groups is 2. The second-order valence-corrected chi connectivity index (χ2v) is 8.83. The molecule has 4 rings (SSSR count). The van der Waals surface area contributed by atoms with Crippen molar-refractivity contribution in [2.45, 2.75) is 45.6 Å². The van der Waals surface area contributed by atoms with Crippen LogP contribution >= 0.6 is 0 Å². The number of rotatable bonds is 7. The third kappa shape index (κ3) is 5.17. The van der Waals surface area contributed by atoms with Gasteiger partial charge in [-0.1, -0.05) is 5.16 Å². The van der Waals surface area contributed by atoms with E-state index in [0.29, 0.717) is 36.0 Å². The van der Waals surface area contributed by atoms with Crippen molar-refractivity contribution in [1.82, 2.24) is 20.3 Å². The third-order valence-electron chi connectivity index (χ3n) is 6.37. The Hall–Kier alpha value is -1.93. The molecule has 1 saturated carbocycles. The maximum absolute atomic E-state index is 12.4. The predicted octanol–water partition coefficient (Wildman–Crippen LogP) is 1.37. The number of likely N-dealkylation sites (tertiary alicyclic amines) is 1. The molecule has 0 spiro atoms. The molecule has 0 radical (unpaired) electrons. The molecule has 8 heteroatoms. The highest BCUT2D eigenvalue weighted by molar-refractivity contribution is 5.96. The maximum atomic E-state index is 12.4. The molecule has 3 heterocycles. The third-order valence-corrected chi connectivity index (χ3v) is 6.37. The van der Waals surface area contributed by atoms with E-state index < -0.39 is 0 Å². The van der Waals surface area contributed by atoms with Crippen molar-refractivity contribution < 1.29 is 18.8 Å². The van der Waals surface area contributed by atoms with Gasteiger partial charge in [0.15, 0.2) is 0 Å². The van der Waals surface area contributed by atoms with Crippen LogP contribution in [-0.2, 0) is 9.53 Å². The van der Waals surface area contributed by atoms with Crippen LogP contribution in [0.5, 0.6) is 0 Å². The van der Waals surface area contributed by atoms with E-state index in [9.17, 15) is 9.59 Å². The van der Waals surface area contributed by atoms with E-state index in [1.165, 1.54) is 19.4 Å². The number of amides is 2. The highest BCUT2D eigenvalue weighted by Crippen LogP contribution is 2.31. The van der Waals surface area contributed by atoms with Crippen LogP contribution in [0.25, 0.3) is 0 Å². The SMILES string of the molecule is Cc1noc(C)c1C(=O)NCC1CN(CC2CCN(CC3CC3)CC2)C(=O)CO1. The zero-order valence-electron chi connectivity index (χ0n) is 17.5. The summed E-state index contributed by atoms with van der Waals surface area (Å²) in [5.74, 6) is 1.85. The van der Waals surface area contributed by atoms with Crippen LogP contribution in [0.2, 0.25) is 0 Å². The fourth-order valence-corrected chi connectivity index (χ4v) is 4.41. The Kier molecular flexibility index (Phi) is 6.20. The maximum Gasteiger partial charge on any atom is 0.256 e. The topological polar surface area (TPSA) is 87.9 Å². The predicted molar refractivity (Wildman–Crippen MR) is 107 cm³/mol. The van der Waals surface area contributed by atoms with Crippen molar-refractivity contribution in [3.63, 3.8) is 0 Å². The molecular weight excluding hydrogens is 372 g/mol. The minimum absolute atomic E-state index is 0.0544. The summed E-state index contributed by atoms with van der Waals surface area (Å²) >= 11 is 0. The van der Waals surface area contributed by atoms with Crippen LogP contribution < -0.4 is 5.32 Å². The van der Waals surface area contributed by atoms with Gasteiger partial charge in [0.25, 0.3) is 5.91 Å². The smallest absolute Gasteiger partial charge is 0.256 e. The first kappa shape index (κ1) is 20.3. The van der Waals surface area contributed by atoms with Crippen LogP contribution in [0.15, 0.2) is 4.52 Å². The quantitative estimate of drug-likeness (QED) is 0.739. The number of morpholine rings is 1. The molecule has 1 atom stereocenters. The summed E-state index contributed by atoms with van der Waals surface area (Å²) in [6.07, 6.45) is 4.93.